The van der Waals surface area contributed by atoms with Crippen LogP contribution in [0.1, 0.15) is 61.8 Å². The van der Waals surface area contributed by atoms with Crippen LogP contribution in [0.15, 0.2) is 0 Å². The first-order chi connectivity index (χ1) is 10.1. The monoisotopic (exact) mass is 307 g/mol. The summed E-state index contributed by atoms with van der Waals surface area (Å²) in [5.74, 6) is 2.46. The zero-order chi connectivity index (χ0) is 15.2. The molecule has 1 aromatic heterocycles. The first kappa shape index (κ1) is 16.8. The van der Waals surface area contributed by atoms with Crippen LogP contribution in [0.2, 0.25) is 0 Å². The van der Waals surface area contributed by atoms with Crippen LogP contribution >= 0.6 is 11.8 Å². The molecule has 1 atom stereocenters. The Morgan fingerprint density at radius 3 is 2.33 bits per heavy atom. The highest BCUT2D eigenvalue weighted by Crippen LogP contribution is 2.30. The molecule has 0 aromatic carbocycles. The van der Waals surface area contributed by atoms with Crippen molar-refractivity contribution < 1.29 is 0 Å². The molecule has 21 heavy (non-hydrogen) atoms. The Morgan fingerprint density at radius 2 is 1.76 bits per heavy atom. The summed E-state index contributed by atoms with van der Waals surface area (Å²) in [5.41, 5.74) is 9.31. The Bertz CT molecular complexity index is 432. The van der Waals surface area contributed by atoms with Gasteiger partial charge in [0.2, 0.25) is 0 Å². The summed E-state index contributed by atoms with van der Waals surface area (Å²) < 4.78 is 0. The minimum Gasteiger partial charge on any atom is -0.330 e. The first-order valence-corrected chi connectivity index (χ1v) is 9.29. The molecule has 118 valence electrons. The van der Waals surface area contributed by atoms with E-state index in [1.165, 1.54) is 37.7 Å². The number of nitrogens with two attached hydrogens (primary N) is 1. The lowest BCUT2D eigenvalue weighted by molar-refractivity contribution is 0.516. The van der Waals surface area contributed by atoms with E-state index in [0.29, 0.717) is 5.92 Å². The van der Waals surface area contributed by atoms with Crippen LogP contribution in [0.5, 0.6) is 0 Å². The third-order valence-electron chi connectivity index (χ3n) is 4.42. The first-order valence-electron chi connectivity index (χ1n) is 8.24. The largest absolute Gasteiger partial charge is 0.330 e. The van der Waals surface area contributed by atoms with E-state index in [0.717, 1.165) is 41.2 Å². The van der Waals surface area contributed by atoms with E-state index in [1.807, 2.05) is 11.8 Å². The van der Waals surface area contributed by atoms with E-state index in [2.05, 4.69) is 20.8 Å². The summed E-state index contributed by atoms with van der Waals surface area (Å²) in [6.07, 6.45) is 7.94. The Hall–Kier alpha value is -0.610. The molecule has 0 spiro atoms. The van der Waals surface area contributed by atoms with Crippen LogP contribution in [0.25, 0.3) is 0 Å². The molecule has 1 fully saturated rings. The van der Waals surface area contributed by atoms with Gasteiger partial charge in [-0.2, -0.15) is 11.8 Å². The van der Waals surface area contributed by atoms with Gasteiger partial charge < -0.3 is 5.73 Å². The van der Waals surface area contributed by atoms with E-state index in [9.17, 15) is 0 Å². The lowest BCUT2D eigenvalue weighted by atomic mass is 9.99. The number of aryl methyl sites for hydroxylation is 2. The molecule has 3 nitrogen and oxygen atoms in total. The van der Waals surface area contributed by atoms with Gasteiger partial charge in [0.25, 0.3) is 0 Å². The van der Waals surface area contributed by atoms with Gasteiger partial charge in [0.15, 0.2) is 0 Å². The third-order valence-corrected chi connectivity index (χ3v) is 5.79. The van der Waals surface area contributed by atoms with Gasteiger partial charge in [0, 0.05) is 16.6 Å². The molecule has 2 rings (SSSR count). The zero-order valence-corrected chi connectivity index (χ0v) is 14.5. The highest BCUT2D eigenvalue weighted by Gasteiger charge is 2.16. The summed E-state index contributed by atoms with van der Waals surface area (Å²) in [4.78, 5) is 9.47. The molecule has 1 heterocycles. The number of aromatic nitrogens is 2. The molecule has 0 amide bonds. The van der Waals surface area contributed by atoms with Gasteiger partial charge in [0.1, 0.15) is 5.82 Å². The van der Waals surface area contributed by atoms with Crippen LogP contribution in [0.4, 0.5) is 0 Å². The smallest absolute Gasteiger partial charge is 0.138 e. The summed E-state index contributed by atoms with van der Waals surface area (Å²) in [6.45, 7) is 7.13. The zero-order valence-electron chi connectivity index (χ0n) is 13.7. The molecule has 1 aliphatic rings. The summed E-state index contributed by atoms with van der Waals surface area (Å²) in [6, 6.07) is 0. The second-order valence-electron chi connectivity index (χ2n) is 6.41. The SMILES string of the molecule is Cc1nc(CSC2CCCCC2)nc(C)c1CC(C)CN. The second-order valence-corrected chi connectivity index (χ2v) is 7.69. The lowest BCUT2D eigenvalue weighted by Gasteiger charge is -2.21. The molecule has 2 N–H and O–H groups in total. The van der Waals surface area contributed by atoms with Gasteiger partial charge in [-0.1, -0.05) is 26.2 Å². The van der Waals surface area contributed by atoms with E-state index >= 15 is 0 Å². The fourth-order valence-corrected chi connectivity index (χ4v) is 4.21. The molecule has 1 aromatic rings. The van der Waals surface area contributed by atoms with Crippen molar-refractivity contribution in [3.05, 3.63) is 22.8 Å². The van der Waals surface area contributed by atoms with Gasteiger partial charge >= 0.3 is 0 Å². The minimum atomic E-state index is 0.494. The van der Waals surface area contributed by atoms with Gasteiger partial charge in [-0.3, -0.25) is 0 Å². The van der Waals surface area contributed by atoms with E-state index in [1.54, 1.807) is 0 Å². The molecule has 1 unspecified atom stereocenters. The van der Waals surface area contributed by atoms with Crippen LogP contribution in [-0.2, 0) is 12.2 Å². The number of rotatable bonds is 6. The number of nitrogens with zero attached hydrogens (tertiary/aromatic N) is 2. The molecule has 4 heteroatoms. The van der Waals surface area contributed by atoms with Crippen LogP contribution in [-0.4, -0.2) is 21.8 Å². The van der Waals surface area contributed by atoms with Crippen molar-refractivity contribution in [2.24, 2.45) is 11.7 Å². The van der Waals surface area contributed by atoms with Crippen molar-refractivity contribution >= 4 is 11.8 Å². The maximum atomic E-state index is 5.74. The Kier molecular flexibility index (Phi) is 6.49. The third kappa shape index (κ3) is 4.96. The Morgan fingerprint density at radius 1 is 1.14 bits per heavy atom. The average molecular weight is 308 g/mol. The predicted octanol–water partition coefficient (Wildman–Crippen LogP) is 3.80. The molecule has 0 bridgehead atoms. The molecule has 0 saturated heterocycles. The highest BCUT2D eigenvalue weighted by atomic mass is 32.2. The van der Waals surface area contributed by atoms with Gasteiger partial charge in [-0.05, 0) is 51.1 Å². The lowest BCUT2D eigenvalue weighted by Crippen LogP contribution is -2.16. The standard InChI is InChI=1S/C17H29N3S/c1-12(10-18)9-16-13(2)19-17(20-14(16)3)11-21-15-7-5-4-6-8-15/h12,15H,4-11,18H2,1-3H3. The maximum absolute atomic E-state index is 5.74. The molecule has 1 aliphatic carbocycles. The number of thioether (sulfide) groups is 1. The normalized spacial score (nSPS) is 17.9. The van der Waals surface area contributed by atoms with Crippen LogP contribution < -0.4 is 5.73 Å². The second kappa shape index (κ2) is 8.14. The predicted molar refractivity (Wildman–Crippen MR) is 91.6 cm³/mol. The van der Waals surface area contributed by atoms with Crippen molar-refractivity contribution in [1.82, 2.24) is 9.97 Å². The average Bonchev–Trinajstić information content (AvgIpc) is 2.49. The van der Waals surface area contributed by atoms with Crippen molar-refractivity contribution in [2.45, 2.75) is 70.3 Å². The van der Waals surface area contributed by atoms with Gasteiger partial charge in [-0.15, -0.1) is 0 Å². The number of hydrogen-bond acceptors (Lipinski definition) is 4. The fourth-order valence-electron chi connectivity index (χ4n) is 3.02. The molecular formula is C17H29N3S. The van der Waals surface area contributed by atoms with Crippen molar-refractivity contribution in [2.75, 3.05) is 6.54 Å². The van der Waals surface area contributed by atoms with Gasteiger partial charge in [0.05, 0.1) is 5.75 Å². The fraction of sp³-hybridized carbons (Fsp3) is 0.765. The maximum Gasteiger partial charge on any atom is 0.138 e. The molecule has 1 saturated carbocycles. The van der Waals surface area contributed by atoms with E-state index in [4.69, 9.17) is 15.7 Å². The van der Waals surface area contributed by atoms with Crippen molar-refractivity contribution in [1.29, 1.82) is 0 Å². The van der Waals surface area contributed by atoms with Crippen molar-refractivity contribution in [3.63, 3.8) is 0 Å². The quantitative estimate of drug-likeness (QED) is 0.868. The number of hydrogen-bond donors (Lipinski definition) is 1. The van der Waals surface area contributed by atoms with Crippen molar-refractivity contribution in [3.8, 4) is 0 Å². The van der Waals surface area contributed by atoms with Gasteiger partial charge in [-0.25, -0.2) is 9.97 Å². The summed E-state index contributed by atoms with van der Waals surface area (Å²) >= 11 is 2.05. The summed E-state index contributed by atoms with van der Waals surface area (Å²) in [7, 11) is 0. The minimum absolute atomic E-state index is 0.494. The summed E-state index contributed by atoms with van der Waals surface area (Å²) in [5, 5.41) is 0.819. The van der Waals surface area contributed by atoms with Crippen LogP contribution in [0, 0.1) is 19.8 Å². The molecule has 0 aliphatic heterocycles. The highest BCUT2D eigenvalue weighted by molar-refractivity contribution is 7.99. The molecular weight excluding hydrogens is 278 g/mol. The van der Waals surface area contributed by atoms with E-state index < -0.39 is 0 Å². The Labute approximate surface area is 133 Å². The molecule has 0 radical (unpaired) electrons. The van der Waals surface area contributed by atoms with Crippen LogP contribution in [0.3, 0.4) is 0 Å². The Balaban J connectivity index is 1.98. The topological polar surface area (TPSA) is 51.8 Å². The van der Waals surface area contributed by atoms with E-state index in [-0.39, 0.29) is 0 Å².